The number of aromatic hydroxyl groups is 1. The van der Waals surface area contributed by atoms with Crippen molar-refractivity contribution in [2.75, 3.05) is 0 Å². The fraction of sp³-hybridized carbons (Fsp3) is 0.308. The van der Waals surface area contributed by atoms with E-state index in [0.717, 1.165) is 16.8 Å². The normalized spacial score (nSPS) is 11.7. The van der Waals surface area contributed by atoms with Crippen LogP contribution in [-0.2, 0) is 5.41 Å². The lowest BCUT2D eigenvalue weighted by Gasteiger charge is -2.18. The summed E-state index contributed by atoms with van der Waals surface area (Å²) >= 11 is 0. The number of hydrogen-bond acceptors (Lipinski definition) is 2. The summed E-state index contributed by atoms with van der Waals surface area (Å²) in [4.78, 5) is 0. The monoisotopic (exact) mass is 216 g/mol. The number of nitrogens with zero attached hydrogens (tertiary/aromatic N) is 1. The molecule has 3 nitrogen and oxygen atoms in total. The number of phenolic OH excluding ortho intramolecular Hbond substituents is 1. The molecule has 2 rings (SSSR count). The van der Waals surface area contributed by atoms with Gasteiger partial charge in [0.05, 0.1) is 6.20 Å². The molecule has 2 aromatic rings. The van der Waals surface area contributed by atoms with E-state index >= 15 is 0 Å². The molecule has 0 amide bonds. The van der Waals surface area contributed by atoms with Crippen LogP contribution in [-0.4, -0.2) is 15.3 Å². The molecule has 1 aromatic heterocycles. The largest absolute Gasteiger partial charge is 0.508 e. The molecule has 2 N–H and O–H groups in total. The van der Waals surface area contributed by atoms with Crippen molar-refractivity contribution in [3.63, 3.8) is 0 Å². The molecule has 0 aliphatic heterocycles. The second kappa shape index (κ2) is 3.67. The standard InChI is InChI=1S/C13H16N2O/c1-13(2,3)12-11(8-14-15-12)9-4-6-10(16)7-5-9/h4-8,16H,1-3H3,(H,14,15). The molecule has 0 fully saturated rings. The zero-order valence-corrected chi connectivity index (χ0v) is 9.78. The number of aromatic amines is 1. The second-order valence-electron chi connectivity index (χ2n) is 4.96. The van der Waals surface area contributed by atoms with Crippen molar-refractivity contribution in [3.8, 4) is 16.9 Å². The van der Waals surface area contributed by atoms with Gasteiger partial charge in [0.15, 0.2) is 0 Å². The highest BCUT2D eigenvalue weighted by molar-refractivity contribution is 5.66. The van der Waals surface area contributed by atoms with Crippen molar-refractivity contribution < 1.29 is 5.11 Å². The molecule has 16 heavy (non-hydrogen) atoms. The maximum absolute atomic E-state index is 9.26. The van der Waals surface area contributed by atoms with Gasteiger partial charge in [-0.15, -0.1) is 0 Å². The molecule has 3 heteroatoms. The molecule has 0 unspecified atom stereocenters. The Bertz CT molecular complexity index is 477. The molecule has 0 aliphatic carbocycles. The SMILES string of the molecule is CC(C)(C)c1[nH]ncc1-c1ccc(O)cc1. The van der Waals surface area contributed by atoms with Crippen LogP contribution < -0.4 is 0 Å². The first-order chi connectivity index (χ1) is 7.48. The van der Waals surface area contributed by atoms with E-state index in [4.69, 9.17) is 0 Å². The van der Waals surface area contributed by atoms with Crippen molar-refractivity contribution >= 4 is 0 Å². The van der Waals surface area contributed by atoms with Gasteiger partial charge in [-0.1, -0.05) is 32.9 Å². The average molecular weight is 216 g/mol. The predicted molar refractivity (Wildman–Crippen MR) is 64.4 cm³/mol. The summed E-state index contributed by atoms with van der Waals surface area (Å²) in [5, 5.41) is 16.4. The maximum atomic E-state index is 9.26. The van der Waals surface area contributed by atoms with Crippen LogP contribution in [0.4, 0.5) is 0 Å². The summed E-state index contributed by atoms with van der Waals surface area (Å²) in [6.45, 7) is 6.43. The first kappa shape index (κ1) is 10.7. The van der Waals surface area contributed by atoms with E-state index in [1.54, 1.807) is 12.1 Å². The topological polar surface area (TPSA) is 48.9 Å². The molecule has 1 heterocycles. The first-order valence-electron chi connectivity index (χ1n) is 5.32. The number of nitrogens with one attached hydrogen (secondary N) is 1. The van der Waals surface area contributed by atoms with E-state index in [-0.39, 0.29) is 11.2 Å². The lowest BCUT2D eigenvalue weighted by atomic mass is 9.87. The van der Waals surface area contributed by atoms with Crippen molar-refractivity contribution in [2.24, 2.45) is 0 Å². The fourth-order valence-corrected chi connectivity index (χ4v) is 1.72. The van der Waals surface area contributed by atoms with Gasteiger partial charge in [-0.25, -0.2) is 0 Å². The summed E-state index contributed by atoms with van der Waals surface area (Å²) < 4.78 is 0. The van der Waals surface area contributed by atoms with Gasteiger partial charge in [-0.3, -0.25) is 5.10 Å². The highest BCUT2D eigenvalue weighted by atomic mass is 16.3. The van der Waals surface area contributed by atoms with E-state index in [2.05, 4.69) is 31.0 Å². The lowest BCUT2D eigenvalue weighted by Crippen LogP contribution is -2.13. The van der Waals surface area contributed by atoms with Crippen LogP contribution in [0.15, 0.2) is 30.5 Å². The smallest absolute Gasteiger partial charge is 0.115 e. The highest BCUT2D eigenvalue weighted by Crippen LogP contribution is 2.31. The summed E-state index contributed by atoms with van der Waals surface area (Å²) in [6, 6.07) is 7.18. The van der Waals surface area contributed by atoms with Crippen LogP contribution in [0.5, 0.6) is 5.75 Å². The van der Waals surface area contributed by atoms with Crippen LogP contribution in [0.3, 0.4) is 0 Å². The van der Waals surface area contributed by atoms with E-state index < -0.39 is 0 Å². The van der Waals surface area contributed by atoms with Gasteiger partial charge in [0.2, 0.25) is 0 Å². The Morgan fingerprint density at radius 1 is 1.12 bits per heavy atom. The van der Waals surface area contributed by atoms with Gasteiger partial charge in [0.25, 0.3) is 0 Å². The van der Waals surface area contributed by atoms with Crippen LogP contribution in [0.2, 0.25) is 0 Å². The number of aromatic nitrogens is 2. The number of benzene rings is 1. The Hall–Kier alpha value is -1.77. The van der Waals surface area contributed by atoms with Gasteiger partial charge in [-0.2, -0.15) is 5.10 Å². The third kappa shape index (κ3) is 1.94. The van der Waals surface area contributed by atoms with E-state index in [1.807, 2.05) is 18.3 Å². The number of H-pyrrole nitrogens is 1. The van der Waals surface area contributed by atoms with E-state index in [0.29, 0.717) is 0 Å². The fourth-order valence-electron chi connectivity index (χ4n) is 1.72. The number of rotatable bonds is 1. The molecule has 0 radical (unpaired) electrons. The summed E-state index contributed by atoms with van der Waals surface area (Å²) in [7, 11) is 0. The Kier molecular flexibility index (Phi) is 2.46. The summed E-state index contributed by atoms with van der Waals surface area (Å²) in [6.07, 6.45) is 1.83. The van der Waals surface area contributed by atoms with Crippen LogP contribution in [0.25, 0.3) is 11.1 Å². The minimum atomic E-state index is 0.0315. The molecule has 1 aromatic carbocycles. The molecule has 0 spiro atoms. The van der Waals surface area contributed by atoms with Gasteiger partial charge >= 0.3 is 0 Å². The van der Waals surface area contributed by atoms with Crippen LogP contribution >= 0.6 is 0 Å². The maximum Gasteiger partial charge on any atom is 0.115 e. The molecule has 0 aliphatic rings. The van der Waals surface area contributed by atoms with Gasteiger partial charge in [0.1, 0.15) is 5.75 Å². The molecular weight excluding hydrogens is 200 g/mol. The number of hydrogen-bond donors (Lipinski definition) is 2. The van der Waals surface area contributed by atoms with E-state index in [9.17, 15) is 5.11 Å². The first-order valence-corrected chi connectivity index (χ1v) is 5.32. The Morgan fingerprint density at radius 3 is 2.31 bits per heavy atom. The summed E-state index contributed by atoms with van der Waals surface area (Å²) in [5.41, 5.74) is 3.30. The Balaban J connectivity index is 2.49. The molecule has 84 valence electrons. The third-order valence-electron chi connectivity index (χ3n) is 2.57. The molecule has 0 bridgehead atoms. The van der Waals surface area contributed by atoms with Crippen molar-refractivity contribution in [3.05, 3.63) is 36.2 Å². The average Bonchev–Trinajstić information content (AvgIpc) is 2.66. The molecular formula is C13H16N2O. The van der Waals surface area contributed by atoms with Crippen molar-refractivity contribution in [2.45, 2.75) is 26.2 Å². The quantitative estimate of drug-likeness (QED) is 0.769. The van der Waals surface area contributed by atoms with Crippen molar-refractivity contribution in [1.29, 1.82) is 0 Å². The molecule has 0 atom stereocenters. The lowest BCUT2D eigenvalue weighted by molar-refractivity contribution is 0.475. The van der Waals surface area contributed by atoms with Gasteiger partial charge < -0.3 is 5.11 Å². The molecule has 0 saturated carbocycles. The third-order valence-corrected chi connectivity index (χ3v) is 2.57. The van der Waals surface area contributed by atoms with Crippen molar-refractivity contribution in [1.82, 2.24) is 10.2 Å². The van der Waals surface area contributed by atoms with Crippen LogP contribution in [0.1, 0.15) is 26.5 Å². The highest BCUT2D eigenvalue weighted by Gasteiger charge is 2.20. The zero-order chi connectivity index (χ0) is 11.8. The Labute approximate surface area is 95.1 Å². The Morgan fingerprint density at radius 2 is 1.75 bits per heavy atom. The van der Waals surface area contributed by atoms with Gasteiger partial charge in [0, 0.05) is 16.7 Å². The number of phenols is 1. The van der Waals surface area contributed by atoms with Crippen LogP contribution in [0, 0.1) is 0 Å². The second-order valence-corrected chi connectivity index (χ2v) is 4.96. The zero-order valence-electron chi connectivity index (χ0n) is 9.78. The predicted octanol–water partition coefficient (Wildman–Crippen LogP) is 3.08. The van der Waals surface area contributed by atoms with E-state index in [1.165, 1.54) is 0 Å². The minimum Gasteiger partial charge on any atom is -0.508 e. The summed E-state index contributed by atoms with van der Waals surface area (Å²) in [5.74, 6) is 0.282. The molecule has 0 saturated heterocycles. The minimum absolute atomic E-state index is 0.0315. The van der Waals surface area contributed by atoms with Gasteiger partial charge in [-0.05, 0) is 17.7 Å².